The third-order valence-corrected chi connectivity index (χ3v) is 7.23. The van der Waals surface area contributed by atoms with E-state index in [1.807, 2.05) is 25.3 Å². The van der Waals surface area contributed by atoms with Gasteiger partial charge < -0.3 is 4.57 Å². The molecule has 3 aromatic rings. The first-order valence-corrected chi connectivity index (χ1v) is 10.3. The van der Waals surface area contributed by atoms with Gasteiger partial charge in [-0.3, -0.25) is 0 Å². The quantitative estimate of drug-likeness (QED) is 0.673. The van der Waals surface area contributed by atoms with Gasteiger partial charge in [-0.15, -0.1) is 0 Å². The molecule has 2 aromatic carbocycles. The van der Waals surface area contributed by atoms with Crippen LogP contribution in [-0.4, -0.2) is 30.4 Å². The van der Waals surface area contributed by atoms with E-state index in [1.165, 1.54) is 26.3 Å². The predicted molar refractivity (Wildman–Crippen MR) is 106 cm³/mol. The first kappa shape index (κ1) is 17.3. The highest BCUT2D eigenvalue weighted by Gasteiger charge is 2.28. The molecule has 0 radical (unpaired) electrons. The lowest BCUT2D eigenvalue weighted by atomic mass is 10.00. The predicted octanol–water partition coefficient (Wildman–Crippen LogP) is 4.31. The van der Waals surface area contributed by atoms with Gasteiger partial charge in [0.2, 0.25) is 10.0 Å². The van der Waals surface area contributed by atoms with Crippen molar-refractivity contribution in [1.29, 1.82) is 0 Å². The lowest BCUT2D eigenvalue weighted by molar-refractivity contribution is 0.441. The Labute approximate surface area is 158 Å². The molecule has 0 aliphatic carbocycles. The van der Waals surface area contributed by atoms with Gasteiger partial charge in [0, 0.05) is 42.8 Å². The van der Waals surface area contributed by atoms with Crippen molar-refractivity contribution >= 4 is 38.1 Å². The molecule has 26 heavy (non-hydrogen) atoms. The fourth-order valence-electron chi connectivity index (χ4n) is 3.50. The van der Waals surface area contributed by atoms with E-state index in [9.17, 15) is 8.42 Å². The number of fused-ring (bicyclic) bond motifs is 1. The maximum atomic E-state index is 12.9. The van der Waals surface area contributed by atoms with Gasteiger partial charge >= 0.3 is 0 Å². The molecule has 0 atom stereocenters. The summed E-state index contributed by atoms with van der Waals surface area (Å²) in [4.78, 5) is 0.170. The average molecular weight is 387 g/mol. The molecule has 0 saturated carbocycles. The normalized spacial score (nSPS) is 16.0. The van der Waals surface area contributed by atoms with Gasteiger partial charge in [-0.2, -0.15) is 4.31 Å². The van der Waals surface area contributed by atoms with Gasteiger partial charge in [0.15, 0.2) is 0 Å². The molecule has 0 amide bonds. The summed E-state index contributed by atoms with van der Waals surface area (Å²) in [5.41, 5.74) is 3.54. The van der Waals surface area contributed by atoms with E-state index >= 15 is 0 Å². The number of nitrogens with zero attached hydrogens (tertiary/aromatic N) is 2. The Morgan fingerprint density at radius 3 is 2.50 bits per heavy atom. The number of para-hydroxylation sites is 1. The minimum absolute atomic E-state index is 0.170. The van der Waals surface area contributed by atoms with E-state index in [4.69, 9.17) is 11.6 Å². The van der Waals surface area contributed by atoms with Gasteiger partial charge in [0.25, 0.3) is 0 Å². The summed E-state index contributed by atoms with van der Waals surface area (Å²) in [6, 6.07) is 14.9. The second kappa shape index (κ2) is 6.58. The lowest BCUT2D eigenvalue weighted by Crippen LogP contribution is -2.34. The van der Waals surface area contributed by atoms with Crippen LogP contribution in [0.5, 0.6) is 0 Å². The number of hydrogen-bond acceptors (Lipinski definition) is 2. The molecule has 2 heterocycles. The fraction of sp³-hybridized carbons (Fsp3) is 0.200. The number of aromatic nitrogens is 1. The van der Waals surface area contributed by atoms with Crippen molar-refractivity contribution in [1.82, 2.24) is 8.87 Å². The molecular weight excluding hydrogens is 368 g/mol. The van der Waals surface area contributed by atoms with Gasteiger partial charge in [-0.05, 0) is 30.2 Å². The van der Waals surface area contributed by atoms with Crippen LogP contribution in [0.2, 0.25) is 5.02 Å². The molecule has 0 fully saturated rings. The molecule has 1 aromatic heterocycles. The SMILES string of the molecule is Cn1cc(C2=CCN(S(=O)(=O)c3ccccc3Cl)CC2)c2ccccc21. The zero-order valence-corrected chi connectivity index (χ0v) is 16.0. The topological polar surface area (TPSA) is 42.3 Å². The second-order valence-electron chi connectivity index (χ2n) is 6.44. The Balaban J connectivity index is 1.65. The van der Waals surface area contributed by atoms with Crippen LogP contribution in [0.15, 0.2) is 65.7 Å². The number of halogens is 1. The smallest absolute Gasteiger partial charge is 0.244 e. The van der Waals surface area contributed by atoms with Crippen LogP contribution < -0.4 is 0 Å². The van der Waals surface area contributed by atoms with Crippen LogP contribution in [0, 0.1) is 0 Å². The van der Waals surface area contributed by atoms with Gasteiger partial charge in [-0.25, -0.2) is 8.42 Å². The van der Waals surface area contributed by atoms with E-state index in [-0.39, 0.29) is 9.92 Å². The van der Waals surface area contributed by atoms with E-state index in [0.717, 1.165) is 0 Å². The van der Waals surface area contributed by atoms with Crippen molar-refractivity contribution in [2.45, 2.75) is 11.3 Å². The first-order valence-electron chi connectivity index (χ1n) is 8.46. The third kappa shape index (κ3) is 2.86. The minimum atomic E-state index is -3.58. The number of aryl methyl sites for hydroxylation is 1. The van der Waals surface area contributed by atoms with Gasteiger partial charge in [-0.1, -0.05) is 48.0 Å². The Kier molecular flexibility index (Phi) is 4.39. The van der Waals surface area contributed by atoms with Gasteiger partial charge in [0.1, 0.15) is 4.90 Å². The lowest BCUT2D eigenvalue weighted by Gasteiger charge is -2.26. The number of hydrogen-bond donors (Lipinski definition) is 0. The highest BCUT2D eigenvalue weighted by atomic mass is 35.5. The summed E-state index contributed by atoms with van der Waals surface area (Å²) in [6.07, 6.45) is 4.81. The van der Waals surface area contributed by atoms with Crippen molar-refractivity contribution in [2.75, 3.05) is 13.1 Å². The Morgan fingerprint density at radius 1 is 1.04 bits per heavy atom. The molecular formula is C20H19ClN2O2S. The van der Waals surface area contributed by atoms with Gasteiger partial charge in [0.05, 0.1) is 5.02 Å². The Hall–Kier alpha value is -2.08. The largest absolute Gasteiger partial charge is 0.350 e. The number of sulfonamides is 1. The summed E-state index contributed by atoms with van der Waals surface area (Å²) in [7, 11) is -1.55. The van der Waals surface area contributed by atoms with Crippen LogP contribution in [0.3, 0.4) is 0 Å². The van der Waals surface area contributed by atoms with Crippen molar-refractivity contribution in [2.24, 2.45) is 7.05 Å². The number of rotatable bonds is 3. The highest BCUT2D eigenvalue weighted by Crippen LogP contribution is 2.32. The minimum Gasteiger partial charge on any atom is -0.350 e. The van der Waals surface area contributed by atoms with Crippen molar-refractivity contribution in [3.05, 3.63) is 71.4 Å². The first-order chi connectivity index (χ1) is 12.5. The third-order valence-electron chi connectivity index (χ3n) is 4.87. The molecule has 4 rings (SSSR count). The summed E-state index contributed by atoms with van der Waals surface area (Å²) >= 11 is 6.10. The van der Waals surface area contributed by atoms with E-state index in [1.54, 1.807) is 24.3 Å². The average Bonchev–Trinajstić information content (AvgIpc) is 2.99. The van der Waals surface area contributed by atoms with Crippen LogP contribution in [0.1, 0.15) is 12.0 Å². The highest BCUT2D eigenvalue weighted by molar-refractivity contribution is 7.89. The van der Waals surface area contributed by atoms with Crippen LogP contribution in [0.25, 0.3) is 16.5 Å². The summed E-state index contributed by atoms with van der Waals surface area (Å²) in [5.74, 6) is 0. The molecule has 0 saturated heterocycles. The molecule has 0 unspecified atom stereocenters. The molecule has 134 valence electrons. The van der Waals surface area contributed by atoms with Crippen LogP contribution in [0.4, 0.5) is 0 Å². The summed E-state index contributed by atoms with van der Waals surface area (Å²) in [6.45, 7) is 0.800. The Morgan fingerprint density at radius 2 is 1.77 bits per heavy atom. The van der Waals surface area contributed by atoms with Crippen LogP contribution in [-0.2, 0) is 17.1 Å². The number of benzene rings is 2. The zero-order chi connectivity index (χ0) is 18.3. The molecule has 0 spiro atoms. The maximum absolute atomic E-state index is 12.9. The molecule has 4 nitrogen and oxygen atoms in total. The molecule has 0 N–H and O–H groups in total. The van der Waals surface area contributed by atoms with E-state index in [0.29, 0.717) is 19.5 Å². The van der Waals surface area contributed by atoms with Crippen molar-refractivity contribution in [3.63, 3.8) is 0 Å². The second-order valence-corrected chi connectivity index (χ2v) is 8.76. The molecule has 1 aliphatic heterocycles. The zero-order valence-electron chi connectivity index (χ0n) is 14.4. The van der Waals surface area contributed by atoms with Crippen molar-refractivity contribution < 1.29 is 8.42 Å². The summed E-state index contributed by atoms with van der Waals surface area (Å²) in [5, 5.41) is 1.46. The molecule has 6 heteroatoms. The van der Waals surface area contributed by atoms with Crippen molar-refractivity contribution in [3.8, 4) is 0 Å². The maximum Gasteiger partial charge on any atom is 0.244 e. The summed E-state index contributed by atoms with van der Waals surface area (Å²) < 4.78 is 29.4. The fourth-order valence-corrected chi connectivity index (χ4v) is 5.38. The standard InChI is InChI=1S/C20H19ClN2O2S/c1-22-14-17(16-6-2-4-8-19(16)22)15-10-12-23(13-11-15)26(24,25)20-9-5-3-7-18(20)21/h2-10,14H,11-13H2,1H3. The monoisotopic (exact) mass is 386 g/mol. The van der Waals surface area contributed by atoms with E-state index < -0.39 is 10.0 Å². The van der Waals surface area contributed by atoms with Crippen LogP contribution >= 0.6 is 11.6 Å². The molecule has 1 aliphatic rings. The Bertz CT molecular complexity index is 1120. The van der Waals surface area contributed by atoms with E-state index in [2.05, 4.69) is 22.9 Å². The molecule has 0 bridgehead atoms.